The Kier molecular flexibility index (Phi) is 4.11. The highest BCUT2D eigenvalue weighted by Gasteiger charge is 2.23. The molecule has 1 aliphatic rings. The number of H-pyrrole nitrogens is 1. The molecule has 0 spiro atoms. The third-order valence-corrected chi connectivity index (χ3v) is 4.13. The summed E-state index contributed by atoms with van der Waals surface area (Å²) in [6.45, 7) is 11.0. The molecule has 1 fully saturated rings. The van der Waals surface area contributed by atoms with E-state index in [0.29, 0.717) is 17.1 Å². The first-order valence-corrected chi connectivity index (χ1v) is 7.87. The first kappa shape index (κ1) is 15.0. The summed E-state index contributed by atoms with van der Waals surface area (Å²) in [6.07, 6.45) is 1.63. The molecule has 22 heavy (non-hydrogen) atoms. The Morgan fingerprint density at radius 2 is 2.05 bits per heavy atom. The lowest BCUT2D eigenvalue weighted by atomic mass is 10.1. The van der Waals surface area contributed by atoms with Gasteiger partial charge in [0.25, 0.3) is 5.91 Å². The van der Waals surface area contributed by atoms with E-state index < -0.39 is 0 Å². The van der Waals surface area contributed by atoms with E-state index in [-0.39, 0.29) is 5.91 Å². The van der Waals surface area contributed by atoms with Crippen molar-refractivity contribution in [2.75, 3.05) is 32.7 Å². The highest BCUT2D eigenvalue weighted by Crippen LogP contribution is 2.16. The van der Waals surface area contributed by atoms with Gasteiger partial charge in [-0.05, 0) is 18.9 Å². The second-order valence-corrected chi connectivity index (χ2v) is 6.43. The molecule has 3 rings (SSSR count). The van der Waals surface area contributed by atoms with Crippen molar-refractivity contribution in [3.05, 3.63) is 23.5 Å². The van der Waals surface area contributed by atoms with E-state index >= 15 is 0 Å². The third-order valence-electron chi connectivity index (χ3n) is 4.13. The summed E-state index contributed by atoms with van der Waals surface area (Å²) in [5.74, 6) is 0.733. The highest BCUT2D eigenvalue weighted by atomic mass is 16.2. The van der Waals surface area contributed by atoms with Gasteiger partial charge in [-0.15, -0.1) is 0 Å². The van der Waals surface area contributed by atoms with Crippen molar-refractivity contribution in [1.82, 2.24) is 25.0 Å². The lowest BCUT2D eigenvalue weighted by molar-refractivity contribution is 0.0623. The predicted molar refractivity (Wildman–Crippen MR) is 85.8 cm³/mol. The second kappa shape index (κ2) is 6.04. The van der Waals surface area contributed by atoms with E-state index in [1.54, 1.807) is 6.20 Å². The van der Waals surface area contributed by atoms with Gasteiger partial charge in [-0.1, -0.05) is 13.8 Å². The maximum Gasteiger partial charge on any atom is 0.255 e. The summed E-state index contributed by atoms with van der Waals surface area (Å²) >= 11 is 0. The number of aromatic amines is 1. The van der Waals surface area contributed by atoms with Crippen LogP contribution in [-0.4, -0.2) is 63.6 Å². The number of nitrogens with zero attached hydrogens (tertiary/aromatic N) is 4. The Balaban J connectivity index is 1.69. The average Bonchev–Trinajstić information content (AvgIpc) is 2.88. The number of pyridine rings is 1. The number of carbonyl (C=O) groups excluding carboxylic acids is 1. The number of rotatable bonds is 3. The van der Waals surface area contributed by atoms with E-state index in [4.69, 9.17) is 0 Å². The van der Waals surface area contributed by atoms with Crippen molar-refractivity contribution in [2.24, 2.45) is 5.92 Å². The zero-order valence-electron chi connectivity index (χ0n) is 13.5. The molecule has 0 bridgehead atoms. The monoisotopic (exact) mass is 301 g/mol. The number of hydrogen-bond acceptors (Lipinski definition) is 4. The van der Waals surface area contributed by atoms with Gasteiger partial charge in [0.2, 0.25) is 0 Å². The van der Waals surface area contributed by atoms with Gasteiger partial charge in [0.1, 0.15) is 0 Å². The van der Waals surface area contributed by atoms with Crippen molar-refractivity contribution >= 4 is 16.9 Å². The minimum absolute atomic E-state index is 0.0687. The summed E-state index contributed by atoms with van der Waals surface area (Å²) in [6, 6.07) is 1.89. The molecule has 0 unspecified atom stereocenters. The van der Waals surface area contributed by atoms with Crippen molar-refractivity contribution < 1.29 is 4.79 Å². The van der Waals surface area contributed by atoms with Gasteiger partial charge in [0, 0.05) is 50.0 Å². The van der Waals surface area contributed by atoms with Gasteiger partial charge < -0.3 is 4.90 Å². The number of amides is 1. The van der Waals surface area contributed by atoms with Crippen molar-refractivity contribution in [3.63, 3.8) is 0 Å². The summed E-state index contributed by atoms with van der Waals surface area (Å²) in [4.78, 5) is 21.3. The van der Waals surface area contributed by atoms with Crippen LogP contribution in [0, 0.1) is 12.8 Å². The van der Waals surface area contributed by atoms with Crippen LogP contribution in [0.1, 0.15) is 29.9 Å². The number of hydrogen-bond donors (Lipinski definition) is 1. The van der Waals surface area contributed by atoms with Gasteiger partial charge in [0.05, 0.1) is 5.56 Å². The van der Waals surface area contributed by atoms with Crippen LogP contribution in [0.5, 0.6) is 0 Å². The van der Waals surface area contributed by atoms with Crippen molar-refractivity contribution in [3.8, 4) is 0 Å². The lowest BCUT2D eigenvalue weighted by Gasteiger charge is -2.35. The maximum atomic E-state index is 12.6. The number of aromatic nitrogens is 3. The Labute approximate surface area is 130 Å². The van der Waals surface area contributed by atoms with Crippen LogP contribution in [0.15, 0.2) is 12.3 Å². The van der Waals surface area contributed by atoms with Crippen LogP contribution in [0.3, 0.4) is 0 Å². The smallest absolute Gasteiger partial charge is 0.255 e. The number of fused-ring (bicyclic) bond motifs is 1. The normalized spacial score (nSPS) is 16.6. The molecule has 1 amide bonds. The molecular weight excluding hydrogens is 278 g/mol. The molecular formula is C16H23N5O. The third kappa shape index (κ3) is 2.97. The molecule has 0 aromatic carbocycles. The van der Waals surface area contributed by atoms with Gasteiger partial charge in [-0.25, -0.2) is 4.98 Å². The number of piperazine rings is 1. The Morgan fingerprint density at radius 1 is 1.32 bits per heavy atom. The van der Waals surface area contributed by atoms with Crippen LogP contribution >= 0.6 is 0 Å². The van der Waals surface area contributed by atoms with E-state index in [2.05, 4.69) is 33.9 Å². The molecule has 2 aromatic heterocycles. The summed E-state index contributed by atoms with van der Waals surface area (Å²) in [7, 11) is 0. The molecule has 6 nitrogen and oxygen atoms in total. The first-order chi connectivity index (χ1) is 10.5. The molecule has 118 valence electrons. The molecule has 3 heterocycles. The number of nitrogens with one attached hydrogen (secondary N) is 1. The fourth-order valence-electron chi connectivity index (χ4n) is 2.97. The number of aryl methyl sites for hydroxylation is 1. The molecule has 0 aliphatic carbocycles. The molecule has 2 aromatic rings. The zero-order chi connectivity index (χ0) is 15.7. The largest absolute Gasteiger partial charge is 0.336 e. The van der Waals surface area contributed by atoms with E-state index in [1.807, 2.05) is 17.9 Å². The Hall–Kier alpha value is -1.95. The average molecular weight is 301 g/mol. The Bertz CT molecular complexity index is 670. The standard InChI is InChI=1S/C16H23N5O/c1-11(2)10-20-4-6-21(7-5-20)16(22)13-8-14-12(3)18-19-15(14)17-9-13/h8-9,11H,4-7,10H2,1-3H3,(H,17,18,19). The number of carbonyl (C=O) groups is 1. The van der Waals surface area contributed by atoms with Crippen molar-refractivity contribution in [2.45, 2.75) is 20.8 Å². The SMILES string of the molecule is Cc1[nH]nc2ncc(C(=O)N3CCN(CC(C)C)CC3)cc12. The molecule has 0 radical (unpaired) electrons. The van der Waals surface area contributed by atoms with Crippen LogP contribution in [0.2, 0.25) is 0 Å². The fourth-order valence-corrected chi connectivity index (χ4v) is 2.97. The van der Waals surface area contributed by atoms with Crippen LogP contribution < -0.4 is 0 Å². The van der Waals surface area contributed by atoms with Gasteiger partial charge in [-0.2, -0.15) is 5.10 Å². The quantitative estimate of drug-likeness (QED) is 0.937. The minimum Gasteiger partial charge on any atom is -0.336 e. The second-order valence-electron chi connectivity index (χ2n) is 6.43. The predicted octanol–water partition coefficient (Wildman–Crippen LogP) is 1.68. The minimum atomic E-state index is 0.0687. The lowest BCUT2D eigenvalue weighted by Crippen LogP contribution is -2.49. The zero-order valence-corrected chi connectivity index (χ0v) is 13.5. The maximum absolute atomic E-state index is 12.6. The molecule has 0 atom stereocenters. The summed E-state index contributed by atoms with van der Waals surface area (Å²) in [5.41, 5.74) is 2.25. The molecule has 6 heteroatoms. The van der Waals surface area contributed by atoms with Crippen molar-refractivity contribution in [1.29, 1.82) is 0 Å². The summed E-state index contributed by atoms with van der Waals surface area (Å²) < 4.78 is 0. The van der Waals surface area contributed by atoms with Crippen LogP contribution in [0.4, 0.5) is 0 Å². The molecule has 1 aliphatic heterocycles. The molecule has 1 saturated heterocycles. The van der Waals surface area contributed by atoms with Gasteiger partial charge >= 0.3 is 0 Å². The van der Waals surface area contributed by atoms with Gasteiger partial charge in [0.15, 0.2) is 5.65 Å². The molecule has 0 saturated carbocycles. The van der Waals surface area contributed by atoms with E-state index in [9.17, 15) is 4.79 Å². The topological polar surface area (TPSA) is 65.1 Å². The summed E-state index contributed by atoms with van der Waals surface area (Å²) in [5, 5.41) is 7.92. The Morgan fingerprint density at radius 3 is 2.73 bits per heavy atom. The fraction of sp³-hybridized carbons (Fsp3) is 0.562. The van der Waals surface area contributed by atoms with Crippen LogP contribution in [-0.2, 0) is 0 Å². The van der Waals surface area contributed by atoms with E-state index in [0.717, 1.165) is 43.8 Å². The highest BCUT2D eigenvalue weighted by molar-refractivity contribution is 5.97. The molecule has 1 N–H and O–H groups in total. The van der Waals surface area contributed by atoms with Crippen LogP contribution in [0.25, 0.3) is 11.0 Å². The van der Waals surface area contributed by atoms with E-state index in [1.165, 1.54) is 0 Å². The van der Waals surface area contributed by atoms with Gasteiger partial charge in [-0.3, -0.25) is 14.8 Å². The first-order valence-electron chi connectivity index (χ1n) is 7.87.